The molecule has 0 aromatic heterocycles. The van der Waals surface area contributed by atoms with Crippen molar-refractivity contribution in [3.05, 3.63) is 64.5 Å². The Morgan fingerprint density at radius 1 is 1.00 bits per heavy atom. The zero-order valence-electron chi connectivity index (χ0n) is 11.3. The lowest BCUT2D eigenvalue weighted by Crippen LogP contribution is -2.15. The van der Waals surface area contributed by atoms with Crippen LogP contribution in [0.3, 0.4) is 0 Å². The van der Waals surface area contributed by atoms with Gasteiger partial charge in [-0.05, 0) is 56.2 Å². The number of aryl methyl sites for hydroxylation is 3. The van der Waals surface area contributed by atoms with Crippen molar-refractivity contribution in [1.29, 1.82) is 0 Å². The summed E-state index contributed by atoms with van der Waals surface area (Å²) in [6.45, 7) is 5.83. The molecule has 0 spiro atoms. The highest BCUT2D eigenvalue weighted by atomic mass is 19.1. The van der Waals surface area contributed by atoms with Crippen molar-refractivity contribution in [3.8, 4) is 0 Å². The number of hydrogen-bond acceptors (Lipinski definition) is 1. The molecule has 0 fully saturated rings. The molecule has 0 aliphatic carbocycles. The van der Waals surface area contributed by atoms with Gasteiger partial charge in [-0.1, -0.05) is 17.7 Å². The summed E-state index contributed by atoms with van der Waals surface area (Å²) in [5.41, 5.74) is 4.28. The fourth-order valence-corrected chi connectivity index (χ4v) is 2.26. The first-order valence-corrected chi connectivity index (χ1v) is 6.12. The van der Waals surface area contributed by atoms with Crippen LogP contribution in [0.5, 0.6) is 0 Å². The van der Waals surface area contributed by atoms with Crippen LogP contribution in [-0.2, 0) is 0 Å². The third-order valence-electron chi connectivity index (χ3n) is 3.01. The third-order valence-corrected chi connectivity index (χ3v) is 3.01. The van der Waals surface area contributed by atoms with Gasteiger partial charge in [-0.25, -0.2) is 4.39 Å². The molecule has 0 saturated carbocycles. The Bertz CT molecular complexity index is 594. The van der Waals surface area contributed by atoms with Crippen LogP contribution in [0, 0.1) is 26.6 Å². The summed E-state index contributed by atoms with van der Waals surface area (Å²) in [6.07, 6.45) is 0. The van der Waals surface area contributed by atoms with Crippen LogP contribution in [0.25, 0.3) is 0 Å². The number of hydrogen-bond donors (Lipinski definition) is 1. The Balaban J connectivity index is 2.28. The minimum absolute atomic E-state index is 0.165. The summed E-state index contributed by atoms with van der Waals surface area (Å²) in [5, 5.41) is 2.78. The van der Waals surface area contributed by atoms with E-state index in [4.69, 9.17) is 0 Å². The van der Waals surface area contributed by atoms with Gasteiger partial charge in [0.1, 0.15) is 5.82 Å². The summed E-state index contributed by atoms with van der Waals surface area (Å²) in [6, 6.07) is 9.70. The van der Waals surface area contributed by atoms with Gasteiger partial charge in [0, 0.05) is 11.3 Å². The predicted octanol–water partition coefficient (Wildman–Crippen LogP) is 4.00. The van der Waals surface area contributed by atoms with E-state index in [0.717, 1.165) is 16.7 Å². The largest absolute Gasteiger partial charge is 0.322 e. The maximum atomic E-state index is 12.8. The molecule has 1 amide bonds. The Hall–Kier alpha value is -2.16. The van der Waals surface area contributed by atoms with Crippen molar-refractivity contribution in [2.45, 2.75) is 20.8 Å². The van der Waals surface area contributed by atoms with Gasteiger partial charge in [0.15, 0.2) is 0 Å². The molecule has 2 nitrogen and oxygen atoms in total. The van der Waals surface area contributed by atoms with Crippen LogP contribution in [0.1, 0.15) is 27.0 Å². The van der Waals surface area contributed by atoms with Crippen LogP contribution in [0.15, 0.2) is 36.4 Å². The van der Waals surface area contributed by atoms with E-state index < -0.39 is 0 Å². The highest BCUT2D eigenvalue weighted by molar-refractivity contribution is 6.06. The number of benzene rings is 2. The highest BCUT2D eigenvalue weighted by Gasteiger charge is 2.12. The maximum Gasteiger partial charge on any atom is 0.256 e. The molecule has 0 unspecified atom stereocenters. The fraction of sp³-hybridized carbons (Fsp3) is 0.188. The highest BCUT2D eigenvalue weighted by Crippen LogP contribution is 2.18. The second kappa shape index (κ2) is 5.22. The number of nitrogens with one attached hydrogen (secondary N) is 1. The maximum absolute atomic E-state index is 12.8. The van der Waals surface area contributed by atoms with Gasteiger partial charge in [-0.2, -0.15) is 0 Å². The van der Waals surface area contributed by atoms with Gasteiger partial charge in [-0.3, -0.25) is 4.79 Å². The Labute approximate surface area is 112 Å². The SMILES string of the molecule is Cc1cc(C)c(C(=O)Nc2ccc(F)cc2)c(C)c1. The van der Waals surface area contributed by atoms with Crippen LogP contribution in [-0.4, -0.2) is 5.91 Å². The average molecular weight is 257 g/mol. The molecule has 19 heavy (non-hydrogen) atoms. The van der Waals surface area contributed by atoms with Gasteiger partial charge in [0.25, 0.3) is 5.91 Å². The van der Waals surface area contributed by atoms with Crippen molar-refractivity contribution < 1.29 is 9.18 Å². The lowest BCUT2D eigenvalue weighted by Gasteiger charge is -2.11. The molecule has 0 aliphatic heterocycles. The summed E-state index contributed by atoms with van der Waals surface area (Å²) in [7, 11) is 0. The minimum Gasteiger partial charge on any atom is -0.322 e. The van der Waals surface area contributed by atoms with E-state index in [1.54, 1.807) is 12.1 Å². The minimum atomic E-state index is -0.319. The number of halogens is 1. The first-order valence-electron chi connectivity index (χ1n) is 6.12. The third kappa shape index (κ3) is 2.99. The molecule has 0 radical (unpaired) electrons. The summed E-state index contributed by atoms with van der Waals surface area (Å²) in [4.78, 5) is 12.2. The molecule has 0 bridgehead atoms. The molecule has 3 heteroatoms. The van der Waals surface area contributed by atoms with E-state index in [9.17, 15) is 9.18 Å². The topological polar surface area (TPSA) is 29.1 Å². The Morgan fingerprint density at radius 2 is 1.53 bits per heavy atom. The lowest BCUT2D eigenvalue weighted by molar-refractivity contribution is 0.102. The molecule has 0 saturated heterocycles. The Morgan fingerprint density at radius 3 is 2.05 bits per heavy atom. The van der Waals surface area contributed by atoms with E-state index in [-0.39, 0.29) is 11.7 Å². The number of amides is 1. The van der Waals surface area contributed by atoms with E-state index in [2.05, 4.69) is 5.32 Å². The lowest BCUT2D eigenvalue weighted by atomic mass is 9.99. The van der Waals surface area contributed by atoms with Crippen molar-refractivity contribution in [2.75, 3.05) is 5.32 Å². The zero-order chi connectivity index (χ0) is 14.0. The van der Waals surface area contributed by atoms with Gasteiger partial charge in [-0.15, -0.1) is 0 Å². The molecule has 1 N–H and O–H groups in total. The van der Waals surface area contributed by atoms with Crippen molar-refractivity contribution >= 4 is 11.6 Å². The monoisotopic (exact) mass is 257 g/mol. The second-order valence-corrected chi connectivity index (χ2v) is 4.73. The number of anilines is 1. The van der Waals surface area contributed by atoms with Crippen LogP contribution >= 0.6 is 0 Å². The molecular weight excluding hydrogens is 241 g/mol. The molecule has 0 atom stereocenters. The standard InChI is InChI=1S/C16H16FNO/c1-10-8-11(2)15(12(3)9-10)16(19)18-14-6-4-13(17)5-7-14/h4-9H,1-3H3,(H,18,19). The van der Waals surface area contributed by atoms with Crippen LogP contribution < -0.4 is 5.32 Å². The predicted molar refractivity (Wildman–Crippen MR) is 75.0 cm³/mol. The molecule has 2 rings (SSSR count). The van der Waals surface area contributed by atoms with Gasteiger partial charge in [0.05, 0.1) is 0 Å². The molecule has 0 aliphatic rings. The zero-order valence-corrected chi connectivity index (χ0v) is 11.3. The number of carbonyl (C=O) groups excluding carboxylic acids is 1. The van der Waals surface area contributed by atoms with Gasteiger partial charge >= 0.3 is 0 Å². The Kier molecular flexibility index (Phi) is 3.65. The number of rotatable bonds is 2. The normalized spacial score (nSPS) is 10.3. The quantitative estimate of drug-likeness (QED) is 0.865. The second-order valence-electron chi connectivity index (χ2n) is 4.73. The van der Waals surface area contributed by atoms with E-state index in [0.29, 0.717) is 11.3 Å². The molecule has 0 heterocycles. The van der Waals surface area contributed by atoms with Gasteiger partial charge in [0.2, 0.25) is 0 Å². The van der Waals surface area contributed by atoms with E-state index in [1.807, 2.05) is 32.9 Å². The van der Waals surface area contributed by atoms with Crippen LogP contribution in [0.4, 0.5) is 10.1 Å². The number of carbonyl (C=O) groups is 1. The fourth-order valence-electron chi connectivity index (χ4n) is 2.26. The smallest absolute Gasteiger partial charge is 0.256 e. The first kappa shape index (κ1) is 13.3. The average Bonchev–Trinajstić information content (AvgIpc) is 2.30. The van der Waals surface area contributed by atoms with E-state index in [1.165, 1.54) is 12.1 Å². The molecular formula is C16H16FNO. The molecule has 2 aromatic carbocycles. The first-order chi connectivity index (χ1) is 8.97. The van der Waals surface area contributed by atoms with Crippen molar-refractivity contribution in [2.24, 2.45) is 0 Å². The van der Waals surface area contributed by atoms with E-state index >= 15 is 0 Å². The van der Waals surface area contributed by atoms with Crippen molar-refractivity contribution in [1.82, 2.24) is 0 Å². The molecule has 98 valence electrons. The molecule has 2 aromatic rings. The summed E-state index contributed by atoms with van der Waals surface area (Å²) >= 11 is 0. The summed E-state index contributed by atoms with van der Waals surface area (Å²) < 4.78 is 12.8. The van der Waals surface area contributed by atoms with Gasteiger partial charge < -0.3 is 5.32 Å². The summed E-state index contributed by atoms with van der Waals surface area (Å²) in [5.74, 6) is -0.484. The van der Waals surface area contributed by atoms with Crippen LogP contribution in [0.2, 0.25) is 0 Å². The van der Waals surface area contributed by atoms with Crippen molar-refractivity contribution in [3.63, 3.8) is 0 Å².